The SMILES string of the molecule is Cc1cc(C)c2[nH]c(=O)c(CN(Cc3ccccc3)Cc3nnnn3Cc3ccco3)cc2c1. The van der Waals surface area contributed by atoms with Crippen LogP contribution >= 0.6 is 0 Å². The van der Waals surface area contributed by atoms with Gasteiger partial charge in [0.15, 0.2) is 5.82 Å². The lowest BCUT2D eigenvalue weighted by atomic mass is 10.0. The fourth-order valence-electron chi connectivity index (χ4n) is 4.31. The van der Waals surface area contributed by atoms with Gasteiger partial charge in [-0.3, -0.25) is 9.69 Å². The van der Waals surface area contributed by atoms with Crippen molar-refractivity contribution in [2.45, 2.75) is 40.0 Å². The topological polar surface area (TPSA) is 92.8 Å². The Morgan fingerprint density at radius 1 is 1.00 bits per heavy atom. The second-order valence-electron chi connectivity index (χ2n) is 8.63. The highest BCUT2D eigenvalue weighted by Gasteiger charge is 2.17. The number of tetrazole rings is 1. The van der Waals surface area contributed by atoms with Crippen molar-refractivity contribution in [3.63, 3.8) is 0 Å². The highest BCUT2D eigenvalue weighted by molar-refractivity contribution is 5.82. The van der Waals surface area contributed by atoms with Gasteiger partial charge in [-0.15, -0.1) is 5.10 Å². The van der Waals surface area contributed by atoms with Gasteiger partial charge in [-0.2, -0.15) is 0 Å². The second-order valence-corrected chi connectivity index (χ2v) is 8.63. The summed E-state index contributed by atoms with van der Waals surface area (Å²) < 4.78 is 7.19. The summed E-state index contributed by atoms with van der Waals surface area (Å²) in [5.41, 5.74) is 4.90. The van der Waals surface area contributed by atoms with Crippen molar-refractivity contribution >= 4 is 10.9 Å². The van der Waals surface area contributed by atoms with Crippen LogP contribution in [0.1, 0.15) is 33.8 Å². The highest BCUT2D eigenvalue weighted by Crippen LogP contribution is 2.19. The summed E-state index contributed by atoms with van der Waals surface area (Å²) in [7, 11) is 0. The molecule has 3 heterocycles. The van der Waals surface area contributed by atoms with Crippen LogP contribution in [-0.2, 0) is 26.2 Å². The van der Waals surface area contributed by atoms with Crippen LogP contribution in [0.2, 0.25) is 0 Å². The van der Waals surface area contributed by atoms with E-state index < -0.39 is 0 Å². The third kappa shape index (κ3) is 4.82. The minimum absolute atomic E-state index is 0.0762. The molecule has 2 aromatic carbocycles. The number of hydrogen-bond donors (Lipinski definition) is 1. The maximum Gasteiger partial charge on any atom is 0.252 e. The summed E-state index contributed by atoms with van der Waals surface area (Å²) in [6, 6.07) is 20.1. The largest absolute Gasteiger partial charge is 0.467 e. The second kappa shape index (κ2) is 9.44. The van der Waals surface area contributed by atoms with Crippen molar-refractivity contribution in [2.75, 3.05) is 0 Å². The van der Waals surface area contributed by atoms with Gasteiger partial charge in [-0.25, -0.2) is 4.68 Å². The number of aromatic nitrogens is 5. The Morgan fingerprint density at radius 2 is 1.85 bits per heavy atom. The maximum atomic E-state index is 13.0. The van der Waals surface area contributed by atoms with E-state index in [4.69, 9.17) is 4.42 Å². The average Bonchev–Trinajstić information content (AvgIpc) is 3.48. The summed E-state index contributed by atoms with van der Waals surface area (Å²) in [6.07, 6.45) is 1.64. The summed E-state index contributed by atoms with van der Waals surface area (Å²) in [5, 5.41) is 13.3. The number of aryl methyl sites for hydroxylation is 2. The molecule has 0 fully saturated rings. The number of fused-ring (bicyclic) bond motifs is 1. The van der Waals surface area contributed by atoms with Crippen LogP contribution in [0.5, 0.6) is 0 Å². The predicted molar refractivity (Wildman–Crippen MR) is 129 cm³/mol. The number of hydrogen-bond acceptors (Lipinski definition) is 6. The number of benzene rings is 2. The summed E-state index contributed by atoms with van der Waals surface area (Å²) in [5.74, 6) is 1.48. The standard InChI is InChI=1S/C26H26N6O2/c1-18-11-19(2)25-21(12-18)13-22(26(33)27-25)15-31(14-20-7-4-3-5-8-20)17-24-28-29-30-32(24)16-23-9-6-10-34-23/h3-13H,14-17H2,1-2H3,(H,27,33). The van der Waals surface area contributed by atoms with Crippen molar-refractivity contribution in [3.05, 3.63) is 111 Å². The molecule has 5 aromatic rings. The van der Waals surface area contributed by atoms with Crippen LogP contribution in [0.15, 0.2) is 76.1 Å². The van der Waals surface area contributed by atoms with E-state index in [2.05, 4.69) is 56.6 Å². The molecule has 0 saturated heterocycles. The zero-order valence-corrected chi connectivity index (χ0v) is 19.2. The highest BCUT2D eigenvalue weighted by atomic mass is 16.3. The van der Waals surface area contributed by atoms with Gasteiger partial charge in [0.05, 0.1) is 18.3 Å². The molecule has 34 heavy (non-hydrogen) atoms. The van der Waals surface area contributed by atoms with Gasteiger partial charge in [0.1, 0.15) is 12.3 Å². The van der Waals surface area contributed by atoms with Crippen molar-refractivity contribution in [1.82, 2.24) is 30.1 Å². The van der Waals surface area contributed by atoms with E-state index >= 15 is 0 Å². The van der Waals surface area contributed by atoms with Crippen LogP contribution < -0.4 is 5.56 Å². The third-order valence-electron chi connectivity index (χ3n) is 5.87. The molecule has 0 aliphatic carbocycles. The first-order valence-electron chi connectivity index (χ1n) is 11.2. The number of furan rings is 1. The van der Waals surface area contributed by atoms with E-state index in [1.807, 2.05) is 43.3 Å². The molecule has 172 valence electrons. The smallest absolute Gasteiger partial charge is 0.252 e. The summed E-state index contributed by atoms with van der Waals surface area (Å²) >= 11 is 0. The fraction of sp³-hybridized carbons (Fsp3) is 0.231. The molecule has 0 atom stereocenters. The van der Waals surface area contributed by atoms with Crippen LogP contribution in [-0.4, -0.2) is 30.1 Å². The van der Waals surface area contributed by atoms with Crippen molar-refractivity contribution < 1.29 is 4.42 Å². The third-order valence-corrected chi connectivity index (χ3v) is 5.87. The number of aromatic amines is 1. The molecule has 0 radical (unpaired) electrons. The number of nitrogens with one attached hydrogen (secondary N) is 1. The minimum atomic E-state index is -0.0762. The van der Waals surface area contributed by atoms with Gasteiger partial charge < -0.3 is 9.40 Å². The minimum Gasteiger partial charge on any atom is -0.467 e. The maximum absolute atomic E-state index is 13.0. The van der Waals surface area contributed by atoms with Gasteiger partial charge in [0.25, 0.3) is 5.56 Å². The van der Waals surface area contributed by atoms with Gasteiger partial charge in [0.2, 0.25) is 0 Å². The average molecular weight is 455 g/mol. The Morgan fingerprint density at radius 3 is 2.65 bits per heavy atom. The van der Waals surface area contributed by atoms with E-state index in [-0.39, 0.29) is 5.56 Å². The van der Waals surface area contributed by atoms with Crippen molar-refractivity contribution in [2.24, 2.45) is 0 Å². The molecule has 8 nitrogen and oxygen atoms in total. The number of H-pyrrole nitrogens is 1. The fourth-order valence-corrected chi connectivity index (χ4v) is 4.31. The Hall–Kier alpha value is -4.04. The van der Waals surface area contributed by atoms with E-state index in [0.29, 0.717) is 37.6 Å². The molecule has 8 heteroatoms. The first kappa shape index (κ1) is 21.8. The van der Waals surface area contributed by atoms with Gasteiger partial charge >= 0.3 is 0 Å². The molecule has 3 aromatic heterocycles. The van der Waals surface area contributed by atoms with E-state index in [0.717, 1.165) is 27.8 Å². The first-order chi connectivity index (χ1) is 16.5. The monoisotopic (exact) mass is 454 g/mol. The van der Waals surface area contributed by atoms with Crippen LogP contribution in [0.25, 0.3) is 10.9 Å². The number of nitrogens with zero attached hydrogens (tertiary/aromatic N) is 5. The Bertz CT molecular complexity index is 1450. The van der Waals surface area contributed by atoms with Crippen molar-refractivity contribution in [1.29, 1.82) is 0 Å². The van der Waals surface area contributed by atoms with E-state index in [9.17, 15) is 4.79 Å². The molecule has 0 spiro atoms. The number of rotatable bonds is 8. The lowest BCUT2D eigenvalue weighted by molar-refractivity contribution is 0.235. The molecular formula is C26H26N6O2. The van der Waals surface area contributed by atoms with Crippen LogP contribution in [0.4, 0.5) is 0 Å². The van der Waals surface area contributed by atoms with E-state index in [1.54, 1.807) is 10.9 Å². The molecule has 0 saturated carbocycles. The Balaban J connectivity index is 1.46. The quantitative estimate of drug-likeness (QED) is 0.381. The normalized spacial score (nSPS) is 11.5. The number of pyridine rings is 1. The molecule has 0 unspecified atom stereocenters. The molecule has 0 amide bonds. The van der Waals surface area contributed by atoms with Gasteiger partial charge in [-0.05, 0) is 65.1 Å². The predicted octanol–water partition coefficient (Wildman–Crippen LogP) is 3.98. The van der Waals surface area contributed by atoms with Gasteiger partial charge in [0, 0.05) is 18.7 Å². The van der Waals surface area contributed by atoms with Crippen LogP contribution in [0.3, 0.4) is 0 Å². The van der Waals surface area contributed by atoms with Crippen LogP contribution in [0, 0.1) is 13.8 Å². The molecule has 0 aliphatic heterocycles. The zero-order valence-electron chi connectivity index (χ0n) is 19.2. The van der Waals surface area contributed by atoms with E-state index in [1.165, 1.54) is 5.56 Å². The molecular weight excluding hydrogens is 428 g/mol. The molecule has 5 rings (SSSR count). The lowest BCUT2D eigenvalue weighted by Gasteiger charge is -2.22. The first-order valence-corrected chi connectivity index (χ1v) is 11.2. The summed E-state index contributed by atoms with van der Waals surface area (Å²) in [6.45, 7) is 6.12. The Kier molecular flexibility index (Phi) is 6.05. The lowest BCUT2D eigenvalue weighted by Crippen LogP contribution is -2.28. The molecule has 1 N–H and O–H groups in total. The molecule has 0 aliphatic rings. The van der Waals surface area contributed by atoms with Crippen molar-refractivity contribution in [3.8, 4) is 0 Å². The Labute approximate surface area is 196 Å². The summed E-state index contributed by atoms with van der Waals surface area (Å²) in [4.78, 5) is 18.3. The zero-order chi connectivity index (χ0) is 23.5. The van der Waals surface area contributed by atoms with Gasteiger partial charge in [-0.1, -0.05) is 42.0 Å². The molecule has 0 bridgehead atoms.